The van der Waals surface area contributed by atoms with E-state index in [0.717, 1.165) is 29.7 Å². The number of carbonyl (C=O) groups excluding carboxylic acids is 1. The van der Waals surface area contributed by atoms with E-state index >= 15 is 0 Å². The molecule has 2 aromatic heterocycles. The number of hydrogen-bond acceptors (Lipinski definition) is 5. The molecule has 1 fully saturated rings. The topological polar surface area (TPSA) is 66.6 Å². The van der Waals surface area contributed by atoms with Gasteiger partial charge in [0.05, 0.1) is 0 Å². The van der Waals surface area contributed by atoms with Crippen molar-refractivity contribution in [1.82, 2.24) is 19.8 Å². The molecule has 1 aromatic carbocycles. The van der Waals surface area contributed by atoms with Crippen LogP contribution >= 0.6 is 0 Å². The summed E-state index contributed by atoms with van der Waals surface area (Å²) in [5.74, 6) is -1.26. The summed E-state index contributed by atoms with van der Waals surface area (Å²) in [5.41, 5.74) is 2.44. The van der Waals surface area contributed by atoms with Crippen LogP contribution in [0.2, 0.25) is 0 Å². The third-order valence-corrected chi connectivity index (χ3v) is 6.38. The van der Waals surface area contributed by atoms with E-state index in [1.54, 1.807) is 11.0 Å². The van der Waals surface area contributed by atoms with Crippen molar-refractivity contribution in [3.8, 4) is 0 Å². The fraction of sp³-hybridized carbons (Fsp3) is 0.455. The van der Waals surface area contributed by atoms with Crippen molar-refractivity contribution in [1.29, 1.82) is 0 Å². The highest BCUT2D eigenvalue weighted by molar-refractivity contribution is 5.97. The molecule has 1 saturated heterocycles. The number of benzene rings is 1. The van der Waals surface area contributed by atoms with Gasteiger partial charge < -0.3 is 9.80 Å². The van der Waals surface area contributed by atoms with Gasteiger partial charge in [-0.25, -0.2) is 4.39 Å². The number of anilines is 2. The largest absolute Gasteiger partial charge is 0.453 e. The average Bonchev–Trinajstić information content (AvgIpc) is 3.22. The van der Waals surface area contributed by atoms with E-state index < -0.39 is 12.0 Å². The summed E-state index contributed by atoms with van der Waals surface area (Å²) in [5, 5.41) is 10.8. The van der Waals surface area contributed by atoms with Crippen LogP contribution in [-0.4, -0.2) is 45.4 Å². The second kappa shape index (κ2) is 7.96. The maximum absolute atomic E-state index is 13.8. The molecule has 3 aromatic rings. The first-order valence-electron chi connectivity index (χ1n) is 10.9. The highest BCUT2D eigenvalue weighted by atomic mass is 19.4. The lowest BCUT2D eigenvalue weighted by atomic mass is 9.92. The maximum atomic E-state index is 13.8. The van der Waals surface area contributed by atoms with Gasteiger partial charge in [-0.2, -0.15) is 17.7 Å². The molecule has 0 radical (unpaired) electrons. The second-order valence-corrected chi connectivity index (χ2v) is 8.57. The lowest BCUT2D eigenvalue weighted by molar-refractivity contribution is -0.146. The standard InChI is InChI=1S/C22H22F4N6O/c1-13-11-16(23)12-15-3-2-8-31(19(13)15)20(33)14-6-9-30(10-7-14)18-5-4-17-27-28-21(22(24,25)26)32(17)29-18/h4-5,11-12,14H,2-3,6-10H2,1H3. The van der Waals surface area contributed by atoms with Crippen molar-refractivity contribution in [3.63, 3.8) is 0 Å². The lowest BCUT2D eigenvalue weighted by Gasteiger charge is -2.37. The Hall–Kier alpha value is -3.24. The van der Waals surface area contributed by atoms with Crippen LogP contribution < -0.4 is 9.80 Å². The van der Waals surface area contributed by atoms with E-state index in [1.165, 1.54) is 18.2 Å². The third-order valence-electron chi connectivity index (χ3n) is 6.38. The number of nitrogens with zero attached hydrogens (tertiary/aromatic N) is 6. The molecule has 174 valence electrons. The van der Waals surface area contributed by atoms with E-state index in [1.807, 2.05) is 11.8 Å². The van der Waals surface area contributed by atoms with Crippen LogP contribution in [0.4, 0.5) is 29.1 Å². The fourth-order valence-electron chi connectivity index (χ4n) is 4.84. The molecule has 1 amide bonds. The number of hydrogen-bond donors (Lipinski definition) is 0. The van der Waals surface area contributed by atoms with Gasteiger partial charge >= 0.3 is 6.18 Å². The number of aryl methyl sites for hydroxylation is 2. The Bertz CT molecular complexity index is 1220. The van der Waals surface area contributed by atoms with Crippen LogP contribution in [0.5, 0.6) is 0 Å². The Morgan fingerprint density at radius 1 is 1.09 bits per heavy atom. The molecular formula is C22H22F4N6O. The quantitative estimate of drug-likeness (QED) is 0.543. The number of halogens is 4. The van der Waals surface area contributed by atoms with Crippen LogP contribution in [0, 0.1) is 18.7 Å². The summed E-state index contributed by atoms with van der Waals surface area (Å²) in [6, 6.07) is 6.03. The highest BCUT2D eigenvalue weighted by Gasteiger charge is 2.38. The van der Waals surface area contributed by atoms with E-state index in [9.17, 15) is 22.4 Å². The normalized spacial score (nSPS) is 17.5. The number of piperidine rings is 1. The van der Waals surface area contributed by atoms with Gasteiger partial charge in [-0.15, -0.1) is 15.3 Å². The number of amides is 1. The summed E-state index contributed by atoms with van der Waals surface area (Å²) in [6.45, 7) is 3.39. The zero-order valence-corrected chi connectivity index (χ0v) is 17.9. The number of carbonyl (C=O) groups is 1. The first-order chi connectivity index (χ1) is 15.7. The van der Waals surface area contributed by atoms with Gasteiger partial charge in [0.2, 0.25) is 5.91 Å². The van der Waals surface area contributed by atoms with Crippen molar-refractivity contribution in [2.45, 2.75) is 38.8 Å². The Morgan fingerprint density at radius 3 is 2.58 bits per heavy atom. The summed E-state index contributed by atoms with van der Waals surface area (Å²) >= 11 is 0. The van der Waals surface area contributed by atoms with Crippen molar-refractivity contribution < 1.29 is 22.4 Å². The number of alkyl halides is 3. The Balaban J connectivity index is 1.32. The van der Waals surface area contributed by atoms with Crippen molar-refractivity contribution in [3.05, 3.63) is 47.0 Å². The Labute approximate surface area is 187 Å². The fourth-order valence-corrected chi connectivity index (χ4v) is 4.84. The number of rotatable bonds is 2. The van der Waals surface area contributed by atoms with Crippen LogP contribution in [0.3, 0.4) is 0 Å². The predicted octanol–water partition coefficient (Wildman–Crippen LogP) is 3.79. The van der Waals surface area contributed by atoms with Gasteiger partial charge in [-0.1, -0.05) is 0 Å². The van der Waals surface area contributed by atoms with Crippen LogP contribution in [-0.2, 0) is 17.4 Å². The van der Waals surface area contributed by atoms with E-state index in [0.29, 0.717) is 42.8 Å². The summed E-state index contributed by atoms with van der Waals surface area (Å²) in [6.07, 6.45) is -2.02. The van der Waals surface area contributed by atoms with Gasteiger partial charge in [0.25, 0.3) is 5.82 Å². The summed E-state index contributed by atoms with van der Waals surface area (Å²) < 4.78 is 54.0. The molecule has 0 saturated carbocycles. The monoisotopic (exact) mass is 462 g/mol. The van der Waals surface area contributed by atoms with Gasteiger partial charge in [0.1, 0.15) is 11.6 Å². The van der Waals surface area contributed by atoms with Gasteiger partial charge in [-0.3, -0.25) is 4.79 Å². The minimum absolute atomic E-state index is 0.0201. The molecule has 0 atom stereocenters. The molecule has 0 aliphatic carbocycles. The molecule has 33 heavy (non-hydrogen) atoms. The highest BCUT2D eigenvalue weighted by Crippen LogP contribution is 2.34. The van der Waals surface area contributed by atoms with Gasteiger partial charge in [0.15, 0.2) is 5.65 Å². The van der Waals surface area contributed by atoms with Crippen LogP contribution in [0.15, 0.2) is 24.3 Å². The molecule has 4 heterocycles. The first kappa shape index (κ1) is 21.6. The molecule has 2 aliphatic heterocycles. The minimum Gasteiger partial charge on any atom is -0.355 e. The minimum atomic E-state index is -4.66. The number of aromatic nitrogens is 4. The Kier molecular flexibility index (Phi) is 5.21. The molecule has 11 heteroatoms. The van der Waals surface area contributed by atoms with E-state index in [4.69, 9.17) is 0 Å². The van der Waals surface area contributed by atoms with Gasteiger partial charge in [0, 0.05) is 31.2 Å². The molecular weight excluding hydrogens is 440 g/mol. The van der Waals surface area contributed by atoms with E-state index in [2.05, 4.69) is 15.3 Å². The molecule has 0 unspecified atom stereocenters. The van der Waals surface area contributed by atoms with Crippen molar-refractivity contribution >= 4 is 23.1 Å². The smallest absolute Gasteiger partial charge is 0.355 e. The summed E-state index contributed by atoms with van der Waals surface area (Å²) in [4.78, 5) is 17.0. The molecule has 2 aliphatic rings. The molecule has 5 rings (SSSR count). The number of fused-ring (bicyclic) bond motifs is 2. The van der Waals surface area contributed by atoms with Gasteiger partial charge in [-0.05, 0) is 68.0 Å². The molecule has 0 N–H and O–H groups in total. The molecule has 0 bridgehead atoms. The Morgan fingerprint density at radius 2 is 1.85 bits per heavy atom. The summed E-state index contributed by atoms with van der Waals surface area (Å²) in [7, 11) is 0. The third kappa shape index (κ3) is 3.89. The second-order valence-electron chi connectivity index (χ2n) is 8.57. The van der Waals surface area contributed by atoms with Crippen LogP contribution in [0.1, 0.15) is 36.2 Å². The van der Waals surface area contributed by atoms with Crippen LogP contribution in [0.25, 0.3) is 5.65 Å². The maximum Gasteiger partial charge on any atom is 0.453 e. The zero-order valence-electron chi connectivity index (χ0n) is 17.9. The van der Waals surface area contributed by atoms with Crippen molar-refractivity contribution in [2.75, 3.05) is 29.4 Å². The predicted molar refractivity (Wildman–Crippen MR) is 113 cm³/mol. The molecule has 0 spiro atoms. The van der Waals surface area contributed by atoms with Crippen molar-refractivity contribution in [2.24, 2.45) is 5.92 Å². The van der Waals surface area contributed by atoms with E-state index in [-0.39, 0.29) is 23.3 Å². The zero-order chi connectivity index (χ0) is 23.3. The average molecular weight is 462 g/mol. The molecule has 7 nitrogen and oxygen atoms in total. The lowest BCUT2D eigenvalue weighted by Crippen LogP contribution is -2.45. The first-order valence-corrected chi connectivity index (χ1v) is 10.9. The SMILES string of the molecule is Cc1cc(F)cc2c1N(C(=O)C1CCN(c3ccc4nnc(C(F)(F)F)n4n3)CC1)CCC2.